The molecule has 0 aromatic heterocycles. The van der Waals surface area contributed by atoms with Crippen LogP contribution in [0.4, 0.5) is 0 Å². The fraction of sp³-hybridized carbons (Fsp3) is 0.933. The van der Waals surface area contributed by atoms with Gasteiger partial charge in [-0.3, -0.25) is 0 Å². The molecule has 0 aromatic rings. The van der Waals surface area contributed by atoms with Crippen LogP contribution in [0.25, 0.3) is 0 Å². The smallest absolute Gasteiger partial charge is 0.335 e. The number of hydrogen-bond donors (Lipinski definition) is 1. The Balaban J connectivity index is 5.32. The molecule has 5 nitrogen and oxygen atoms in total. The van der Waals surface area contributed by atoms with Crippen molar-refractivity contribution in [3.63, 3.8) is 0 Å². The minimum atomic E-state index is 0.517. The lowest BCUT2D eigenvalue weighted by Crippen LogP contribution is -2.71. The van der Waals surface area contributed by atoms with Gasteiger partial charge in [0.15, 0.2) is 0 Å². The van der Waals surface area contributed by atoms with Crippen LogP contribution < -0.4 is 5.73 Å². The van der Waals surface area contributed by atoms with E-state index in [0.717, 1.165) is 26.2 Å². The molecule has 0 radical (unpaired) electrons. The summed E-state index contributed by atoms with van der Waals surface area (Å²) in [5, 5.41) is 4.82. The molecule has 120 valence electrons. The van der Waals surface area contributed by atoms with Crippen molar-refractivity contribution in [2.75, 3.05) is 40.3 Å². The highest BCUT2D eigenvalue weighted by molar-refractivity contribution is 5.70. The number of aliphatic imine (C=N–C) groups is 1. The molecule has 0 aliphatic carbocycles. The third-order valence-corrected chi connectivity index (χ3v) is 4.03. The number of guanidine groups is 1. The summed E-state index contributed by atoms with van der Waals surface area (Å²) in [6.07, 6.45) is 4.76. The lowest BCUT2D eigenvalue weighted by molar-refractivity contribution is -1.04. The van der Waals surface area contributed by atoms with Gasteiger partial charge in [0.2, 0.25) is 0 Å². The minimum absolute atomic E-state index is 0.517. The molecule has 20 heavy (non-hydrogen) atoms. The third-order valence-electron chi connectivity index (χ3n) is 4.03. The SMILES string of the molecule is CCCCN(CC)[N+](C)(C(N)=NC)N(CC)CCCC. The third kappa shape index (κ3) is 4.72. The Bertz CT molecular complexity index is 261. The Labute approximate surface area is 126 Å². The van der Waals surface area contributed by atoms with Crippen molar-refractivity contribution in [2.24, 2.45) is 10.7 Å². The van der Waals surface area contributed by atoms with Crippen LogP contribution in [0, 0.1) is 0 Å². The lowest BCUT2D eigenvalue weighted by atomic mass is 10.3. The Morgan fingerprint density at radius 3 is 1.60 bits per heavy atom. The predicted octanol–water partition coefficient (Wildman–Crippen LogP) is 2.45. The van der Waals surface area contributed by atoms with E-state index in [1.54, 1.807) is 7.05 Å². The average Bonchev–Trinajstić information content (AvgIpc) is 2.47. The van der Waals surface area contributed by atoms with Gasteiger partial charge < -0.3 is 5.73 Å². The highest BCUT2D eigenvalue weighted by Gasteiger charge is 2.40. The number of nitrogens with two attached hydrogens (primary N) is 1. The number of nitrogens with zero attached hydrogens (tertiary/aromatic N) is 4. The minimum Gasteiger partial charge on any atom is -0.335 e. The highest BCUT2D eigenvalue weighted by atomic mass is 16.0. The second-order valence-electron chi connectivity index (χ2n) is 5.29. The molecule has 0 atom stereocenters. The summed E-state index contributed by atoms with van der Waals surface area (Å²) in [5.41, 5.74) is 6.29. The maximum atomic E-state index is 6.29. The van der Waals surface area contributed by atoms with Crippen LogP contribution in [0.3, 0.4) is 0 Å². The zero-order valence-corrected chi connectivity index (χ0v) is 14.5. The molecule has 0 aromatic carbocycles. The molecule has 0 saturated carbocycles. The van der Waals surface area contributed by atoms with Crippen LogP contribution in [0.1, 0.15) is 53.4 Å². The van der Waals surface area contributed by atoms with E-state index in [1.165, 1.54) is 25.7 Å². The standard InChI is InChI=1S/C15H36N5/c1-7-11-13-18(9-3)20(6,15(16)17-5)19(10-4)14-12-8-2/h7-14H2,1-6H3,(H2,16,17)/q+1. The Kier molecular flexibility index (Phi) is 9.80. The molecule has 0 aliphatic heterocycles. The average molecular weight is 286 g/mol. The van der Waals surface area contributed by atoms with E-state index in [4.69, 9.17) is 5.73 Å². The summed E-state index contributed by atoms with van der Waals surface area (Å²) in [5.74, 6) is 0.668. The maximum absolute atomic E-state index is 6.29. The first-order valence-corrected chi connectivity index (χ1v) is 8.12. The predicted molar refractivity (Wildman–Crippen MR) is 88.0 cm³/mol. The first kappa shape index (κ1) is 19.4. The van der Waals surface area contributed by atoms with Crippen molar-refractivity contribution in [3.05, 3.63) is 0 Å². The van der Waals surface area contributed by atoms with Gasteiger partial charge in [-0.2, -0.15) is 0 Å². The summed E-state index contributed by atoms with van der Waals surface area (Å²) in [7, 11) is 3.95. The van der Waals surface area contributed by atoms with Gasteiger partial charge in [0, 0.05) is 20.1 Å². The van der Waals surface area contributed by atoms with Crippen molar-refractivity contribution in [1.82, 2.24) is 10.0 Å². The monoisotopic (exact) mass is 286 g/mol. The van der Waals surface area contributed by atoms with Gasteiger partial charge in [-0.1, -0.05) is 26.7 Å². The fourth-order valence-corrected chi connectivity index (χ4v) is 2.60. The summed E-state index contributed by atoms with van der Waals surface area (Å²) in [6.45, 7) is 12.9. The zero-order valence-electron chi connectivity index (χ0n) is 14.5. The van der Waals surface area contributed by atoms with Crippen molar-refractivity contribution < 1.29 is 4.70 Å². The molecule has 0 unspecified atom stereocenters. The molecule has 0 rings (SSSR count). The summed E-state index contributed by atoms with van der Waals surface area (Å²) in [6, 6.07) is 0. The van der Waals surface area contributed by atoms with Gasteiger partial charge in [0.05, 0.1) is 13.1 Å². The van der Waals surface area contributed by atoms with Crippen LogP contribution in [0.2, 0.25) is 0 Å². The second-order valence-corrected chi connectivity index (χ2v) is 5.29. The van der Waals surface area contributed by atoms with Crippen molar-refractivity contribution in [3.8, 4) is 0 Å². The molecule has 0 amide bonds. The molecular weight excluding hydrogens is 250 g/mol. The maximum Gasteiger partial charge on any atom is 0.335 e. The largest absolute Gasteiger partial charge is 0.335 e. The van der Waals surface area contributed by atoms with E-state index in [9.17, 15) is 0 Å². The first-order chi connectivity index (χ1) is 9.52. The van der Waals surface area contributed by atoms with E-state index in [1.807, 2.05) is 0 Å². The van der Waals surface area contributed by atoms with Crippen LogP contribution in [-0.4, -0.2) is 61.0 Å². The highest BCUT2D eigenvalue weighted by Crippen LogP contribution is 2.17. The Hall–Kier alpha value is -0.650. The number of unbranched alkanes of at least 4 members (excludes halogenated alkanes) is 2. The Morgan fingerprint density at radius 2 is 1.35 bits per heavy atom. The first-order valence-electron chi connectivity index (χ1n) is 8.12. The second kappa shape index (κ2) is 10.1. The lowest BCUT2D eigenvalue weighted by Gasteiger charge is -2.46. The molecule has 5 heteroatoms. The summed E-state index contributed by atoms with van der Waals surface area (Å²) >= 11 is 0. The van der Waals surface area contributed by atoms with Gasteiger partial charge in [0.25, 0.3) is 0 Å². The number of quaternary nitrogens is 1. The van der Waals surface area contributed by atoms with E-state index in [-0.39, 0.29) is 0 Å². The van der Waals surface area contributed by atoms with Gasteiger partial charge in [-0.25, -0.2) is 4.99 Å². The van der Waals surface area contributed by atoms with Crippen LogP contribution in [0.15, 0.2) is 4.99 Å². The zero-order chi connectivity index (χ0) is 15.6. The van der Waals surface area contributed by atoms with E-state index in [0.29, 0.717) is 10.7 Å². The van der Waals surface area contributed by atoms with Gasteiger partial charge >= 0.3 is 5.96 Å². The van der Waals surface area contributed by atoms with Crippen LogP contribution >= 0.6 is 0 Å². The van der Waals surface area contributed by atoms with E-state index >= 15 is 0 Å². The summed E-state index contributed by atoms with van der Waals surface area (Å²) in [4.78, 5) is 4.30. The molecule has 0 heterocycles. The molecule has 0 fully saturated rings. The molecule has 0 spiro atoms. The van der Waals surface area contributed by atoms with E-state index in [2.05, 4.69) is 49.8 Å². The summed E-state index contributed by atoms with van der Waals surface area (Å²) < 4.78 is 0.517. The van der Waals surface area contributed by atoms with Gasteiger partial charge in [0.1, 0.15) is 7.05 Å². The molecular formula is C15H36N5+. The number of rotatable bonds is 10. The van der Waals surface area contributed by atoms with Crippen molar-refractivity contribution in [2.45, 2.75) is 53.4 Å². The molecule has 0 bridgehead atoms. The molecule has 2 N–H and O–H groups in total. The fourth-order valence-electron chi connectivity index (χ4n) is 2.60. The topological polar surface area (TPSA) is 44.9 Å². The molecule has 0 aliphatic rings. The Morgan fingerprint density at radius 1 is 0.950 bits per heavy atom. The normalized spacial score (nSPS) is 13.5. The quantitative estimate of drug-likeness (QED) is 0.290. The van der Waals surface area contributed by atoms with Crippen LogP contribution in [0.5, 0.6) is 0 Å². The van der Waals surface area contributed by atoms with Crippen molar-refractivity contribution in [1.29, 1.82) is 0 Å². The van der Waals surface area contributed by atoms with E-state index < -0.39 is 0 Å². The van der Waals surface area contributed by atoms with Gasteiger partial charge in [-0.15, -0.1) is 14.7 Å². The van der Waals surface area contributed by atoms with Crippen LogP contribution in [-0.2, 0) is 0 Å². The molecule has 0 saturated heterocycles. The van der Waals surface area contributed by atoms with Crippen molar-refractivity contribution >= 4 is 5.96 Å². The number of hydrogen-bond acceptors (Lipinski definition) is 3. The van der Waals surface area contributed by atoms with Gasteiger partial charge in [-0.05, 0) is 26.7 Å².